The normalized spacial score (nSPS) is 10.4. The van der Waals surface area contributed by atoms with Crippen LogP contribution in [0.15, 0.2) is 72.9 Å². The number of hydrogen-bond donors (Lipinski definition) is 3. The molecule has 0 unspecified atom stereocenters. The van der Waals surface area contributed by atoms with E-state index >= 15 is 0 Å². The first kappa shape index (κ1) is 19.4. The van der Waals surface area contributed by atoms with Crippen LogP contribution in [-0.2, 0) is 0 Å². The minimum atomic E-state index is -0.984. The van der Waals surface area contributed by atoms with E-state index in [0.717, 1.165) is 16.4 Å². The molecule has 0 spiro atoms. The highest BCUT2D eigenvalue weighted by Crippen LogP contribution is 2.40. The van der Waals surface area contributed by atoms with E-state index in [1.54, 1.807) is 36.5 Å². The van der Waals surface area contributed by atoms with E-state index in [4.69, 9.17) is 9.84 Å². The zero-order valence-corrected chi connectivity index (χ0v) is 16.8. The van der Waals surface area contributed by atoms with Crippen molar-refractivity contribution in [3.05, 3.63) is 78.5 Å². The average Bonchev–Trinajstić information content (AvgIpc) is 3.17. The number of pyridine rings is 1. The molecule has 0 saturated heterocycles. The lowest BCUT2D eigenvalue weighted by molar-refractivity contribution is 0.0697. The molecule has 4 rings (SSSR count). The third-order valence-corrected chi connectivity index (χ3v) is 5.13. The molecular weight excluding hydrogens is 400 g/mol. The van der Waals surface area contributed by atoms with Crippen LogP contribution in [0.2, 0.25) is 0 Å². The molecule has 0 aliphatic heterocycles. The Bertz CT molecular complexity index is 1180. The van der Waals surface area contributed by atoms with Gasteiger partial charge < -0.3 is 20.5 Å². The van der Waals surface area contributed by atoms with Crippen LogP contribution in [0.25, 0.3) is 11.3 Å². The fourth-order valence-electron chi connectivity index (χ4n) is 2.79. The Labute approximate surface area is 177 Å². The molecule has 2 aromatic heterocycles. The summed E-state index contributed by atoms with van der Waals surface area (Å²) in [4.78, 5) is 20.1. The van der Waals surface area contributed by atoms with E-state index in [2.05, 4.69) is 20.6 Å². The highest BCUT2D eigenvalue weighted by molar-refractivity contribution is 7.17. The predicted octanol–water partition coefficient (Wildman–Crippen LogP) is 5.48. The van der Waals surface area contributed by atoms with Crippen LogP contribution in [-0.4, -0.2) is 28.1 Å². The highest BCUT2D eigenvalue weighted by Gasteiger charge is 2.15. The number of rotatable bonds is 7. The number of nitrogens with one attached hydrogen (secondary N) is 2. The maximum Gasteiger partial charge on any atom is 0.335 e. The van der Waals surface area contributed by atoms with Gasteiger partial charge in [-0.25, -0.2) is 14.8 Å². The van der Waals surface area contributed by atoms with E-state index in [1.807, 2.05) is 37.4 Å². The van der Waals surface area contributed by atoms with Gasteiger partial charge in [-0.05, 0) is 24.3 Å². The first-order chi connectivity index (χ1) is 14.6. The van der Waals surface area contributed by atoms with Crippen LogP contribution in [0.3, 0.4) is 0 Å². The van der Waals surface area contributed by atoms with Crippen molar-refractivity contribution in [1.82, 2.24) is 9.97 Å². The minimum Gasteiger partial charge on any atom is -0.478 e. The zero-order valence-electron chi connectivity index (χ0n) is 16.0. The van der Waals surface area contributed by atoms with Crippen LogP contribution >= 0.6 is 11.3 Å². The maximum absolute atomic E-state index is 11.2. The molecular formula is C22H18N4O3S. The summed E-state index contributed by atoms with van der Waals surface area (Å²) in [7, 11) is 1.82. The summed E-state index contributed by atoms with van der Waals surface area (Å²) in [5, 5.41) is 16.7. The van der Waals surface area contributed by atoms with Crippen LogP contribution in [0.4, 0.5) is 16.6 Å². The van der Waals surface area contributed by atoms with Crippen molar-refractivity contribution in [2.24, 2.45) is 0 Å². The number of carbonyl (C=O) groups is 1. The Hall–Kier alpha value is -3.91. The van der Waals surface area contributed by atoms with Gasteiger partial charge in [0.15, 0.2) is 5.13 Å². The lowest BCUT2D eigenvalue weighted by Crippen LogP contribution is -1.99. The summed E-state index contributed by atoms with van der Waals surface area (Å²) in [6, 6.07) is 19.9. The highest BCUT2D eigenvalue weighted by atomic mass is 32.1. The number of benzene rings is 2. The van der Waals surface area contributed by atoms with Gasteiger partial charge in [0, 0.05) is 30.6 Å². The first-order valence-electron chi connectivity index (χ1n) is 9.10. The molecule has 150 valence electrons. The first-order valence-corrected chi connectivity index (χ1v) is 9.92. The molecule has 0 radical (unpaired) electrons. The Morgan fingerprint density at radius 1 is 1.07 bits per heavy atom. The van der Waals surface area contributed by atoms with Crippen LogP contribution in [0.5, 0.6) is 10.8 Å². The summed E-state index contributed by atoms with van der Waals surface area (Å²) in [6.45, 7) is 0. The lowest BCUT2D eigenvalue weighted by atomic mass is 10.2. The fourth-order valence-corrected chi connectivity index (χ4v) is 3.60. The van der Waals surface area contributed by atoms with E-state index in [-0.39, 0.29) is 5.56 Å². The second-order valence-electron chi connectivity index (χ2n) is 6.26. The topological polar surface area (TPSA) is 96.4 Å². The van der Waals surface area contributed by atoms with Crippen LogP contribution in [0, 0.1) is 0 Å². The minimum absolute atomic E-state index is 0.198. The molecule has 0 bridgehead atoms. The SMILES string of the molecule is CNc1nc(-c2ccccc2)c(Oc2ccnc(Nc3cccc(C(=O)O)c3)c2)s1. The molecule has 2 aromatic carbocycles. The summed E-state index contributed by atoms with van der Waals surface area (Å²) in [6.07, 6.45) is 1.63. The Kier molecular flexibility index (Phi) is 5.58. The molecule has 0 amide bonds. The molecule has 8 heteroatoms. The largest absolute Gasteiger partial charge is 0.478 e. The molecule has 0 saturated carbocycles. The summed E-state index contributed by atoms with van der Waals surface area (Å²) >= 11 is 1.41. The van der Waals surface area contributed by atoms with Gasteiger partial charge in [0.1, 0.15) is 17.3 Å². The van der Waals surface area contributed by atoms with Gasteiger partial charge >= 0.3 is 5.97 Å². The molecule has 7 nitrogen and oxygen atoms in total. The van der Waals surface area contributed by atoms with Crippen LogP contribution in [0.1, 0.15) is 10.4 Å². The number of anilines is 3. The Morgan fingerprint density at radius 3 is 2.67 bits per heavy atom. The summed E-state index contributed by atoms with van der Waals surface area (Å²) < 4.78 is 6.13. The molecule has 4 aromatic rings. The molecule has 2 heterocycles. The summed E-state index contributed by atoms with van der Waals surface area (Å²) in [5.41, 5.74) is 2.54. The molecule has 0 fully saturated rings. The van der Waals surface area contributed by atoms with Gasteiger partial charge in [0.2, 0.25) is 5.06 Å². The number of aromatic carboxylic acids is 1. The van der Waals surface area contributed by atoms with Crippen molar-refractivity contribution in [2.75, 3.05) is 17.7 Å². The van der Waals surface area contributed by atoms with Gasteiger partial charge in [0.25, 0.3) is 0 Å². The number of hydrogen-bond acceptors (Lipinski definition) is 7. The van der Waals surface area contributed by atoms with Gasteiger partial charge in [-0.3, -0.25) is 0 Å². The number of thiazole rings is 1. The quantitative estimate of drug-likeness (QED) is 0.366. The average molecular weight is 418 g/mol. The van der Waals surface area contributed by atoms with Crippen molar-refractivity contribution >= 4 is 33.9 Å². The Morgan fingerprint density at radius 2 is 1.90 bits per heavy atom. The Balaban J connectivity index is 1.59. The molecule has 3 N–H and O–H groups in total. The number of carboxylic acids is 1. The molecule has 0 atom stereocenters. The van der Waals surface area contributed by atoms with Crippen molar-refractivity contribution in [3.63, 3.8) is 0 Å². The van der Waals surface area contributed by atoms with Gasteiger partial charge in [-0.2, -0.15) is 0 Å². The second-order valence-corrected chi connectivity index (χ2v) is 7.22. The molecule has 0 aliphatic carbocycles. The second kappa shape index (κ2) is 8.62. The van der Waals surface area contributed by atoms with Crippen molar-refractivity contribution in [1.29, 1.82) is 0 Å². The smallest absolute Gasteiger partial charge is 0.335 e. The van der Waals surface area contributed by atoms with E-state index in [0.29, 0.717) is 22.3 Å². The third-order valence-electron chi connectivity index (χ3n) is 4.18. The number of ether oxygens (including phenoxy) is 1. The number of carboxylic acid groups (broad SMARTS) is 1. The van der Waals surface area contributed by atoms with Crippen molar-refractivity contribution in [2.45, 2.75) is 0 Å². The van der Waals surface area contributed by atoms with Gasteiger partial charge in [-0.1, -0.05) is 47.7 Å². The monoisotopic (exact) mass is 418 g/mol. The third kappa shape index (κ3) is 4.39. The van der Waals surface area contributed by atoms with E-state index in [9.17, 15) is 4.79 Å². The van der Waals surface area contributed by atoms with E-state index < -0.39 is 5.97 Å². The zero-order chi connectivity index (χ0) is 20.9. The maximum atomic E-state index is 11.2. The van der Waals surface area contributed by atoms with Gasteiger partial charge in [-0.15, -0.1) is 0 Å². The van der Waals surface area contributed by atoms with E-state index in [1.165, 1.54) is 17.4 Å². The number of nitrogens with zero attached hydrogens (tertiary/aromatic N) is 2. The standard InChI is InChI=1S/C22H18N4O3S/c1-23-22-26-19(14-6-3-2-4-7-14)21(30-22)29-17-10-11-24-18(13-17)25-16-9-5-8-15(12-16)20(27)28/h2-13H,1H3,(H,23,26)(H,24,25)(H,27,28). The fraction of sp³-hybridized carbons (Fsp3) is 0.0455. The molecule has 30 heavy (non-hydrogen) atoms. The van der Waals surface area contributed by atoms with Gasteiger partial charge in [0.05, 0.1) is 5.56 Å². The van der Waals surface area contributed by atoms with Crippen molar-refractivity contribution < 1.29 is 14.6 Å². The number of aromatic nitrogens is 2. The predicted molar refractivity (Wildman–Crippen MR) is 118 cm³/mol. The lowest BCUT2D eigenvalue weighted by Gasteiger charge is -2.09. The van der Waals surface area contributed by atoms with Crippen LogP contribution < -0.4 is 15.4 Å². The summed E-state index contributed by atoms with van der Waals surface area (Å²) in [5.74, 6) is 0.141. The van der Waals surface area contributed by atoms with Crippen molar-refractivity contribution in [3.8, 4) is 22.1 Å². The molecule has 0 aliphatic rings.